The number of urea groups is 1. The molecule has 0 bridgehead atoms. The van der Waals surface area contributed by atoms with Gasteiger partial charge in [0.05, 0.1) is 5.56 Å². The minimum Gasteiger partial charge on any atom is -0.367 e. The smallest absolute Gasteiger partial charge is 0.321 e. The fourth-order valence-corrected chi connectivity index (χ4v) is 4.90. The quantitative estimate of drug-likeness (QED) is 0.581. The molecule has 4 amide bonds. The summed E-state index contributed by atoms with van der Waals surface area (Å²) in [5, 5.41) is 5.93. The number of piperazine rings is 1. The zero-order chi connectivity index (χ0) is 26.4. The summed E-state index contributed by atoms with van der Waals surface area (Å²) in [5.74, 6) is 0.217. The molecule has 4 rings (SSSR count). The molecule has 2 N–H and O–H groups in total. The van der Waals surface area contributed by atoms with Crippen LogP contribution >= 0.6 is 0 Å². The third kappa shape index (κ3) is 7.02. The van der Waals surface area contributed by atoms with E-state index in [1.807, 2.05) is 73.0 Å². The lowest BCUT2D eigenvalue weighted by atomic mass is 10.0. The summed E-state index contributed by atoms with van der Waals surface area (Å²) in [7, 11) is 0. The molecule has 0 saturated carbocycles. The number of carbonyl (C=O) groups is 3. The summed E-state index contributed by atoms with van der Waals surface area (Å²) in [6.45, 7) is 9.92. The fraction of sp³-hybridized carbons (Fsp3) is 0.483. The minimum atomic E-state index is -0.115. The maximum Gasteiger partial charge on any atom is 0.321 e. The van der Waals surface area contributed by atoms with Crippen molar-refractivity contribution in [3.05, 3.63) is 53.6 Å². The SMILES string of the molecule is Cc1ccc(NC(=O)N2CCN(c3ccc(NC(=O)CC(C)C)cc3C(=O)N3CCCCC3)CC2)cc1. The standard InChI is InChI=1S/C29H39N5O3/c1-21(2)19-27(35)30-24-11-12-26(25(20-24)28(36)33-13-5-4-6-14-33)32-15-17-34(18-16-32)29(37)31-23-9-7-22(3)8-10-23/h7-12,20-21H,4-6,13-19H2,1-3H3,(H,30,35)(H,31,37). The highest BCUT2D eigenvalue weighted by molar-refractivity contribution is 6.02. The molecule has 2 heterocycles. The van der Waals surface area contributed by atoms with E-state index in [2.05, 4.69) is 15.5 Å². The lowest BCUT2D eigenvalue weighted by molar-refractivity contribution is -0.116. The number of hydrogen-bond acceptors (Lipinski definition) is 4. The number of hydrogen-bond donors (Lipinski definition) is 2. The van der Waals surface area contributed by atoms with Gasteiger partial charge >= 0.3 is 6.03 Å². The van der Waals surface area contributed by atoms with Gasteiger partial charge in [-0.05, 0) is 62.4 Å². The number of amides is 4. The van der Waals surface area contributed by atoms with Crippen LogP contribution in [0.3, 0.4) is 0 Å². The van der Waals surface area contributed by atoms with Crippen molar-refractivity contribution in [2.45, 2.75) is 46.5 Å². The van der Waals surface area contributed by atoms with Crippen molar-refractivity contribution in [1.82, 2.24) is 9.80 Å². The zero-order valence-electron chi connectivity index (χ0n) is 22.3. The van der Waals surface area contributed by atoms with E-state index in [1.165, 1.54) is 0 Å². The molecule has 2 aliphatic heterocycles. The lowest BCUT2D eigenvalue weighted by Crippen LogP contribution is -2.50. The van der Waals surface area contributed by atoms with Crippen molar-refractivity contribution in [3.63, 3.8) is 0 Å². The summed E-state index contributed by atoms with van der Waals surface area (Å²) < 4.78 is 0. The van der Waals surface area contributed by atoms with Crippen molar-refractivity contribution >= 4 is 34.9 Å². The third-order valence-corrected chi connectivity index (χ3v) is 6.96. The van der Waals surface area contributed by atoms with E-state index in [0.717, 1.165) is 49.3 Å². The first-order valence-electron chi connectivity index (χ1n) is 13.4. The molecule has 198 valence electrons. The molecule has 2 fully saturated rings. The number of carbonyl (C=O) groups excluding carboxylic acids is 3. The first-order valence-corrected chi connectivity index (χ1v) is 13.4. The Balaban J connectivity index is 1.47. The first-order chi connectivity index (χ1) is 17.8. The Morgan fingerprint density at radius 3 is 2.08 bits per heavy atom. The van der Waals surface area contributed by atoms with Gasteiger partial charge in [-0.2, -0.15) is 0 Å². The zero-order valence-corrected chi connectivity index (χ0v) is 22.3. The Kier molecular flexibility index (Phi) is 8.69. The van der Waals surface area contributed by atoms with Crippen LogP contribution in [0.15, 0.2) is 42.5 Å². The summed E-state index contributed by atoms with van der Waals surface area (Å²) in [6, 6.07) is 13.3. The minimum absolute atomic E-state index is 0.00852. The summed E-state index contributed by atoms with van der Waals surface area (Å²) in [6.07, 6.45) is 3.61. The molecule has 0 spiro atoms. The van der Waals surface area contributed by atoms with Crippen LogP contribution in [0.1, 0.15) is 55.5 Å². The number of piperidine rings is 1. The van der Waals surface area contributed by atoms with Crippen LogP contribution in [0.5, 0.6) is 0 Å². The molecule has 0 aliphatic carbocycles. The van der Waals surface area contributed by atoms with Crippen molar-refractivity contribution in [2.75, 3.05) is 54.8 Å². The van der Waals surface area contributed by atoms with Gasteiger partial charge < -0.3 is 25.3 Å². The molecule has 2 aromatic rings. The van der Waals surface area contributed by atoms with Gasteiger partial charge in [-0.1, -0.05) is 31.5 Å². The topological polar surface area (TPSA) is 85.0 Å². The maximum atomic E-state index is 13.6. The molecule has 8 nitrogen and oxygen atoms in total. The van der Waals surface area contributed by atoms with Gasteiger partial charge in [0.25, 0.3) is 5.91 Å². The molecule has 0 unspecified atom stereocenters. The average molecular weight is 506 g/mol. The number of nitrogens with zero attached hydrogens (tertiary/aromatic N) is 3. The highest BCUT2D eigenvalue weighted by Gasteiger charge is 2.27. The van der Waals surface area contributed by atoms with E-state index in [9.17, 15) is 14.4 Å². The normalized spacial score (nSPS) is 16.1. The number of likely N-dealkylation sites (tertiary alicyclic amines) is 1. The Morgan fingerprint density at radius 1 is 0.784 bits per heavy atom. The van der Waals surface area contributed by atoms with E-state index in [-0.39, 0.29) is 23.8 Å². The van der Waals surface area contributed by atoms with Crippen LogP contribution < -0.4 is 15.5 Å². The molecule has 2 saturated heterocycles. The molecule has 2 aromatic carbocycles. The molecule has 2 aliphatic rings. The van der Waals surface area contributed by atoms with Crippen LogP contribution in [0.2, 0.25) is 0 Å². The second-order valence-corrected chi connectivity index (χ2v) is 10.5. The Bertz CT molecular complexity index is 1100. The van der Waals surface area contributed by atoms with Gasteiger partial charge in [-0.3, -0.25) is 9.59 Å². The van der Waals surface area contributed by atoms with Crippen molar-refractivity contribution in [3.8, 4) is 0 Å². The molecular weight excluding hydrogens is 466 g/mol. The Morgan fingerprint density at radius 2 is 1.43 bits per heavy atom. The van der Waals surface area contributed by atoms with Gasteiger partial charge in [-0.25, -0.2) is 4.79 Å². The number of anilines is 3. The molecule has 0 atom stereocenters. The van der Waals surface area contributed by atoms with E-state index < -0.39 is 0 Å². The van der Waals surface area contributed by atoms with Crippen LogP contribution in [0, 0.1) is 12.8 Å². The van der Waals surface area contributed by atoms with Crippen molar-refractivity contribution in [2.24, 2.45) is 5.92 Å². The highest BCUT2D eigenvalue weighted by Crippen LogP contribution is 2.28. The second kappa shape index (κ2) is 12.1. The molecule has 37 heavy (non-hydrogen) atoms. The van der Waals surface area contributed by atoms with E-state index in [1.54, 1.807) is 0 Å². The fourth-order valence-electron chi connectivity index (χ4n) is 4.90. The van der Waals surface area contributed by atoms with Crippen LogP contribution in [-0.2, 0) is 4.79 Å². The second-order valence-electron chi connectivity index (χ2n) is 10.5. The van der Waals surface area contributed by atoms with Gasteiger partial charge in [-0.15, -0.1) is 0 Å². The van der Waals surface area contributed by atoms with Crippen LogP contribution in [-0.4, -0.2) is 66.9 Å². The lowest BCUT2D eigenvalue weighted by Gasteiger charge is -2.37. The molecule has 0 aromatic heterocycles. The molecule has 8 heteroatoms. The number of nitrogens with one attached hydrogen (secondary N) is 2. The largest absolute Gasteiger partial charge is 0.367 e. The van der Waals surface area contributed by atoms with Crippen molar-refractivity contribution < 1.29 is 14.4 Å². The predicted octanol–water partition coefficient (Wildman–Crippen LogP) is 4.96. The van der Waals surface area contributed by atoms with E-state index in [4.69, 9.17) is 0 Å². The Labute approximate surface area is 220 Å². The highest BCUT2D eigenvalue weighted by atomic mass is 16.2. The average Bonchev–Trinajstić information content (AvgIpc) is 2.89. The molecule has 0 radical (unpaired) electrons. The van der Waals surface area contributed by atoms with E-state index in [0.29, 0.717) is 43.9 Å². The number of rotatable bonds is 6. The summed E-state index contributed by atoms with van der Waals surface area (Å²) in [4.78, 5) is 44.7. The van der Waals surface area contributed by atoms with Crippen molar-refractivity contribution in [1.29, 1.82) is 0 Å². The van der Waals surface area contributed by atoms with Gasteiger partial charge in [0.15, 0.2) is 0 Å². The number of aryl methyl sites for hydroxylation is 1. The maximum absolute atomic E-state index is 13.6. The molecular formula is C29H39N5O3. The van der Waals surface area contributed by atoms with E-state index >= 15 is 0 Å². The first kappa shape index (κ1) is 26.5. The predicted molar refractivity (Wildman–Crippen MR) is 148 cm³/mol. The Hall–Kier alpha value is -3.55. The van der Waals surface area contributed by atoms with Crippen LogP contribution in [0.4, 0.5) is 21.9 Å². The monoisotopic (exact) mass is 505 g/mol. The summed E-state index contributed by atoms with van der Waals surface area (Å²) >= 11 is 0. The third-order valence-electron chi connectivity index (χ3n) is 6.96. The van der Waals surface area contributed by atoms with Gasteiger partial charge in [0.2, 0.25) is 5.91 Å². The van der Waals surface area contributed by atoms with Gasteiger partial charge in [0.1, 0.15) is 0 Å². The summed E-state index contributed by atoms with van der Waals surface area (Å²) in [5.41, 5.74) is 4.04. The van der Waals surface area contributed by atoms with Gasteiger partial charge in [0, 0.05) is 62.8 Å². The van der Waals surface area contributed by atoms with Crippen LogP contribution in [0.25, 0.3) is 0 Å². The number of benzene rings is 2.